The highest BCUT2D eigenvalue weighted by atomic mass is 16.5. The molecule has 158 valence electrons. The molecule has 2 aromatic rings. The SMILES string of the molecule is Cc1cccc(-c2ccc(CC3(C(N)=O)CCN(C(=O)[C@H]4CCCO4)CC3)cc2)c1. The van der Waals surface area contributed by atoms with Gasteiger partial charge in [-0.2, -0.15) is 0 Å². The third-order valence-electron chi connectivity index (χ3n) is 6.61. The Labute approximate surface area is 178 Å². The number of rotatable bonds is 5. The normalized spacial score (nSPS) is 20.8. The molecule has 5 nitrogen and oxygen atoms in total. The van der Waals surface area contributed by atoms with Crippen LogP contribution in [0, 0.1) is 12.3 Å². The van der Waals surface area contributed by atoms with Crippen LogP contribution >= 0.6 is 0 Å². The summed E-state index contributed by atoms with van der Waals surface area (Å²) in [6.07, 6.45) is 3.23. The van der Waals surface area contributed by atoms with Crippen LogP contribution in [0.15, 0.2) is 48.5 Å². The monoisotopic (exact) mass is 406 g/mol. The fourth-order valence-electron chi connectivity index (χ4n) is 4.67. The van der Waals surface area contributed by atoms with Crippen molar-refractivity contribution in [2.45, 2.75) is 45.1 Å². The van der Waals surface area contributed by atoms with Crippen LogP contribution in [0.5, 0.6) is 0 Å². The number of piperidine rings is 1. The highest BCUT2D eigenvalue weighted by molar-refractivity contribution is 5.83. The topological polar surface area (TPSA) is 72.6 Å². The first-order chi connectivity index (χ1) is 14.5. The van der Waals surface area contributed by atoms with Crippen molar-refractivity contribution in [1.29, 1.82) is 0 Å². The van der Waals surface area contributed by atoms with Gasteiger partial charge < -0.3 is 15.4 Å². The average molecular weight is 407 g/mol. The second-order valence-corrected chi connectivity index (χ2v) is 8.71. The molecule has 1 atom stereocenters. The molecule has 2 amide bonds. The summed E-state index contributed by atoms with van der Waals surface area (Å²) in [5, 5.41) is 0. The van der Waals surface area contributed by atoms with Gasteiger partial charge in [0.1, 0.15) is 6.10 Å². The van der Waals surface area contributed by atoms with Crippen LogP contribution in [0.25, 0.3) is 11.1 Å². The summed E-state index contributed by atoms with van der Waals surface area (Å²) in [4.78, 5) is 26.9. The van der Waals surface area contributed by atoms with Crippen LogP contribution in [-0.4, -0.2) is 42.5 Å². The van der Waals surface area contributed by atoms with Crippen LogP contribution in [0.4, 0.5) is 0 Å². The Morgan fingerprint density at radius 1 is 1.10 bits per heavy atom. The van der Waals surface area contributed by atoms with Crippen LogP contribution in [0.1, 0.15) is 36.8 Å². The molecule has 2 saturated heterocycles. The highest BCUT2D eigenvalue weighted by Crippen LogP contribution is 2.36. The Morgan fingerprint density at radius 3 is 2.43 bits per heavy atom. The maximum atomic E-state index is 12.6. The van der Waals surface area contributed by atoms with Crippen LogP contribution in [-0.2, 0) is 20.7 Å². The van der Waals surface area contributed by atoms with Gasteiger partial charge in [0.15, 0.2) is 0 Å². The smallest absolute Gasteiger partial charge is 0.251 e. The van der Waals surface area contributed by atoms with E-state index in [9.17, 15) is 9.59 Å². The Hall–Kier alpha value is -2.66. The van der Waals surface area contributed by atoms with Gasteiger partial charge in [0.25, 0.3) is 5.91 Å². The van der Waals surface area contributed by atoms with Gasteiger partial charge in [0, 0.05) is 19.7 Å². The molecule has 0 saturated carbocycles. The third-order valence-corrected chi connectivity index (χ3v) is 6.61. The average Bonchev–Trinajstić information content (AvgIpc) is 3.29. The number of hydrogen-bond acceptors (Lipinski definition) is 3. The minimum atomic E-state index is -0.599. The molecule has 2 fully saturated rings. The molecule has 5 heteroatoms. The number of benzene rings is 2. The molecule has 0 unspecified atom stereocenters. The molecule has 0 aromatic heterocycles. The van der Waals surface area contributed by atoms with Crippen molar-refractivity contribution in [3.05, 3.63) is 59.7 Å². The Bertz CT molecular complexity index is 908. The number of hydrogen-bond donors (Lipinski definition) is 1. The number of amides is 2. The minimum absolute atomic E-state index is 0.0630. The zero-order valence-electron chi connectivity index (χ0n) is 17.6. The van der Waals surface area contributed by atoms with Gasteiger partial charge in [-0.15, -0.1) is 0 Å². The summed E-state index contributed by atoms with van der Waals surface area (Å²) in [6.45, 7) is 3.87. The van der Waals surface area contributed by atoms with E-state index in [-0.39, 0.29) is 17.9 Å². The predicted molar refractivity (Wildman–Crippen MR) is 117 cm³/mol. The van der Waals surface area contributed by atoms with Crippen molar-refractivity contribution in [2.75, 3.05) is 19.7 Å². The van der Waals surface area contributed by atoms with E-state index in [0.717, 1.165) is 24.0 Å². The minimum Gasteiger partial charge on any atom is -0.369 e. The van der Waals surface area contributed by atoms with Gasteiger partial charge >= 0.3 is 0 Å². The van der Waals surface area contributed by atoms with Gasteiger partial charge in [-0.05, 0) is 55.7 Å². The number of primary amides is 1. The largest absolute Gasteiger partial charge is 0.369 e. The highest BCUT2D eigenvalue weighted by Gasteiger charge is 2.42. The lowest BCUT2D eigenvalue weighted by Gasteiger charge is -2.40. The van der Waals surface area contributed by atoms with E-state index < -0.39 is 5.41 Å². The number of carbonyl (C=O) groups is 2. The number of aryl methyl sites for hydroxylation is 1. The summed E-state index contributed by atoms with van der Waals surface area (Å²) in [7, 11) is 0. The summed E-state index contributed by atoms with van der Waals surface area (Å²) >= 11 is 0. The Kier molecular flexibility index (Phi) is 5.91. The lowest BCUT2D eigenvalue weighted by atomic mass is 9.73. The molecule has 2 aliphatic heterocycles. The molecule has 0 radical (unpaired) electrons. The number of nitrogens with two attached hydrogens (primary N) is 1. The second-order valence-electron chi connectivity index (χ2n) is 8.71. The fourth-order valence-corrected chi connectivity index (χ4v) is 4.67. The number of likely N-dealkylation sites (tertiary alicyclic amines) is 1. The first-order valence-corrected chi connectivity index (χ1v) is 10.8. The van der Waals surface area contributed by atoms with Crippen molar-refractivity contribution in [2.24, 2.45) is 11.1 Å². The van der Waals surface area contributed by atoms with Gasteiger partial charge in [0.2, 0.25) is 5.91 Å². The molecular weight excluding hydrogens is 376 g/mol. The molecule has 2 heterocycles. The van der Waals surface area contributed by atoms with E-state index in [1.54, 1.807) is 0 Å². The van der Waals surface area contributed by atoms with Gasteiger partial charge in [-0.1, -0.05) is 54.1 Å². The lowest BCUT2D eigenvalue weighted by molar-refractivity contribution is -0.146. The van der Waals surface area contributed by atoms with Crippen molar-refractivity contribution >= 4 is 11.8 Å². The fraction of sp³-hybridized carbons (Fsp3) is 0.440. The van der Waals surface area contributed by atoms with Crippen LogP contribution < -0.4 is 5.73 Å². The molecule has 2 N–H and O–H groups in total. The van der Waals surface area contributed by atoms with Gasteiger partial charge in [-0.25, -0.2) is 0 Å². The van der Waals surface area contributed by atoms with Gasteiger partial charge in [-0.3, -0.25) is 9.59 Å². The van der Waals surface area contributed by atoms with Gasteiger partial charge in [0.05, 0.1) is 5.41 Å². The van der Waals surface area contributed by atoms with E-state index in [1.165, 1.54) is 11.1 Å². The quantitative estimate of drug-likeness (QED) is 0.826. The van der Waals surface area contributed by atoms with E-state index >= 15 is 0 Å². The Morgan fingerprint density at radius 2 is 1.83 bits per heavy atom. The lowest BCUT2D eigenvalue weighted by Crippen LogP contribution is -2.51. The summed E-state index contributed by atoms with van der Waals surface area (Å²) < 4.78 is 5.54. The molecular formula is C25H30N2O3. The summed E-state index contributed by atoms with van der Waals surface area (Å²) in [5.74, 6) is -0.206. The molecule has 2 aliphatic rings. The summed E-state index contributed by atoms with van der Waals surface area (Å²) in [5.41, 5.74) is 9.94. The van der Waals surface area contributed by atoms with Crippen LogP contribution in [0.3, 0.4) is 0 Å². The standard InChI is InChI=1S/C25H30N2O3/c1-18-4-2-5-21(16-18)20-9-7-19(8-10-20)17-25(24(26)29)11-13-27(14-12-25)23(28)22-6-3-15-30-22/h2,4-5,7-10,16,22H,3,6,11-15,17H2,1H3,(H2,26,29)/t22-/m1/s1. The van der Waals surface area contributed by atoms with Crippen molar-refractivity contribution in [3.8, 4) is 11.1 Å². The predicted octanol–water partition coefficient (Wildman–Crippen LogP) is 3.48. The molecule has 0 aliphatic carbocycles. The van der Waals surface area contributed by atoms with E-state index in [4.69, 9.17) is 10.5 Å². The zero-order valence-corrected chi connectivity index (χ0v) is 17.6. The molecule has 0 bridgehead atoms. The van der Waals surface area contributed by atoms with E-state index in [0.29, 0.717) is 39.0 Å². The molecule has 2 aromatic carbocycles. The molecule has 0 spiro atoms. The first-order valence-electron chi connectivity index (χ1n) is 10.8. The number of ether oxygens (including phenoxy) is 1. The zero-order chi connectivity index (χ0) is 21.1. The van der Waals surface area contributed by atoms with Crippen molar-refractivity contribution in [1.82, 2.24) is 4.90 Å². The maximum absolute atomic E-state index is 12.6. The van der Waals surface area contributed by atoms with E-state index in [1.807, 2.05) is 4.90 Å². The van der Waals surface area contributed by atoms with E-state index in [2.05, 4.69) is 55.5 Å². The number of nitrogens with zero attached hydrogens (tertiary/aromatic N) is 1. The summed E-state index contributed by atoms with van der Waals surface area (Å²) in [6, 6.07) is 16.8. The second kappa shape index (κ2) is 8.60. The van der Waals surface area contributed by atoms with Crippen LogP contribution in [0.2, 0.25) is 0 Å². The maximum Gasteiger partial charge on any atom is 0.251 e. The molecule has 30 heavy (non-hydrogen) atoms. The Balaban J connectivity index is 1.44. The van der Waals surface area contributed by atoms with Crippen molar-refractivity contribution < 1.29 is 14.3 Å². The first kappa shape index (κ1) is 20.6. The molecule has 4 rings (SSSR count). The van der Waals surface area contributed by atoms with Crippen molar-refractivity contribution in [3.63, 3.8) is 0 Å². The number of carbonyl (C=O) groups excluding carboxylic acids is 2. The third kappa shape index (κ3) is 4.26.